The molecule has 2 aromatic heterocycles. The second-order valence-corrected chi connectivity index (χ2v) is 11.9. The summed E-state index contributed by atoms with van der Waals surface area (Å²) in [5.74, 6) is 22.0. The Hall–Kier alpha value is -2.92. The van der Waals surface area contributed by atoms with Crippen LogP contribution in [0.25, 0.3) is 0 Å². The fourth-order valence-electron chi connectivity index (χ4n) is 1.89. The van der Waals surface area contributed by atoms with E-state index in [0.717, 1.165) is 6.14 Å². The molecule has 5 heteroatoms. The van der Waals surface area contributed by atoms with Crippen LogP contribution in [0, 0.1) is 47.4 Å². The summed E-state index contributed by atoms with van der Waals surface area (Å²) in [6.45, 7) is 3.35. The Morgan fingerprint density at radius 1 is 0.720 bits per heavy atom. The normalized spacial score (nSPS) is 8.08. The van der Waals surface area contributed by atoms with E-state index in [-0.39, 0.29) is 0 Å². The molecule has 116 valence electrons. The zero-order valence-corrected chi connectivity index (χ0v) is 19.1. The fourth-order valence-corrected chi connectivity index (χ4v) is 7.81. The van der Waals surface area contributed by atoms with Gasteiger partial charge < -0.3 is 0 Å². The molecule has 25 heavy (non-hydrogen) atoms. The van der Waals surface area contributed by atoms with Crippen molar-refractivity contribution in [1.82, 2.24) is 0 Å². The standard InChI is InChI=1S/2C10H5O2.Hg/c2*1-2-3-4-6-9-7-5-8-10(11)12-9;/h2*5,8H,1H3;. The third-order valence-electron chi connectivity index (χ3n) is 2.94. The second kappa shape index (κ2) is 9.39. The van der Waals surface area contributed by atoms with Crippen LogP contribution in [0.2, 0.25) is 0 Å². The Labute approximate surface area is 157 Å². The molecule has 0 amide bonds. The van der Waals surface area contributed by atoms with E-state index in [1.54, 1.807) is 26.0 Å². The maximum absolute atomic E-state index is 11.5. The SMILES string of the molecule is CC#CC#Cc1oc(=O)cc[c]1[Hg][c]1ccc(=O)oc1C#CC#CC. The van der Waals surface area contributed by atoms with E-state index in [4.69, 9.17) is 8.83 Å². The van der Waals surface area contributed by atoms with Crippen molar-refractivity contribution in [3.05, 3.63) is 56.6 Å². The first-order valence-corrected chi connectivity index (χ1v) is 12.8. The van der Waals surface area contributed by atoms with Crippen LogP contribution in [0.1, 0.15) is 25.4 Å². The Morgan fingerprint density at radius 3 is 1.56 bits per heavy atom. The van der Waals surface area contributed by atoms with Crippen molar-refractivity contribution in [1.29, 1.82) is 0 Å². The zero-order chi connectivity index (χ0) is 18.1. The van der Waals surface area contributed by atoms with Gasteiger partial charge in [0.1, 0.15) is 0 Å². The molecule has 0 spiro atoms. The first-order chi connectivity index (χ1) is 12.1. The fraction of sp³-hybridized carbons (Fsp3) is 0.100. The molecule has 2 heterocycles. The van der Waals surface area contributed by atoms with Crippen LogP contribution in [-0.2, 0) is 24.6 Å². The van der Waals surface area contributed by atoms with E-state index in [1.807, 2.05) is 0 Å². The van der Waals surface area contributed by atoms with Gasteiger partial charge in [-0.3, -0.25) is 0 Å². The molecular weight excluding hydrogens is 505 g/mol. The molecule has 0 aromatic carbocycles. The first-order valence-electron chi connectivity index (χ1n) is 7.25. The second-order valence-electron chi connectivity index (χ2n) is 4.64. The van der Waals surface area contributed by atoms with E-state index in [0.29, 0.717) is 11.5 Å². The van der Waals surface area contributed by atoms with Crippen LogP contribution in [0.15, 0.2) is 42.7 Å². The van der Waals surface area contributed by atoms with Crippen LogP contribution in [-0.4, -0.2) is 0 Å². The van der Waals surface area contributed by atoms with E-state index >= 15 is 0 Å². The van der Waals surface area contributed by atoms with Crippen molar-refractivity contribution in [2.75, 3.05) is 0 Å². The van der Waals surface area contributed by atoms with Gasteiger partial charge in [-0.05, 0) is 0 Å². The molecule has 0 saturated carbocycles. The van der Waals surface area contributed by atoms with Crippen molar-refractivity contribution < 1.29 is 33.4 Å². The summed E-state index contributed by atoms with van der Waals surface area (Å²) in [4.78, 5) is 22.9. The average Bonchev–Trinajstić information content (AvgIpc) is 2.59. The van der Waals surface area contributed by atoms with Crippen molar-refractivity contribution in [3.63, 3.8) is 0 Å². The van der Waals surface area contributed by atoms with E-state index < -0.39 is 35.8 Å². The van der Waals surface area contributed by atoms with Gasteiger partial charge in [0, 0.05) is 0 Å². The third kappa shape index (κ3) is 5.58. The molecule has 0 aliphatic rings. The van der Waals surface area contributed by atoms with Gasteiger partial charge in [-0.2, -0.15) is 0 Å². The van der Waals surface area contributed by atoms with Gasteiger partial charge in [-0.25, -0.2) is 0 Å². The molecule has 4 nitrogen and oxygen atoms in total. The summed E-state index contributed by atoms with van der Waals surface area (Å²) >= 11 is -2.05. The number of rotatable bonds is 2. The Morgan fingerprint density at radius 2 is 1.16 bits per heavy atom. The Kier molecular flexibility index (Phi) is 6.92. The summed E-state index contributed by atoms with van der Waals surface area (Å²) in [5, 5.41) is 0. The predicted octanol–water partition coefficient (Wildman–Crippen LogP) is 0.376. The minimum atomic E-state index is -2.05. The average molecular weight is 515 g/mol. The van der Waals surface area contributed by atoms with Gasteiger partial charge in [-0.1, -0.05) is 0 Å². The van der Waals surface area contributed by atoms with Crippen LogP contribution >= 0.6 is 0 Å². The third-order valence-corrected chi connectivity index (χ3v) is 10.2. The number of hydrogen-bond acceptors (Lipinski definition) is 4. The van der Waals surface area contributed by atoms with Crippen molar-refractivity contribution in [2.24, 2.45) is 0 Å². The molecule has 0 fully saturated rings. The number of hydrogen-bond donors (Lipinski definition) is 0. The molecule has 0 unspecified atom stereocenters. The molecule has 0 saturated heterocycles. The summed E-state index contributed by atoms with van der Waals surface area (Å²) in [5.41, 5.74) is -0.938. The van der Waals surface area contributed by atoms with Crippen LogP contribution in [0.4, 0.5) is 0 Å². The summed E-state index contributed by atoms with van der Waals surface area (Å²) in [6, 6.07) is 6.15. The monoisotopic (exact) mass is 516 g/mol. The zero-order valence-electron chi connectivity index (χ0n) is 13.6. The van der Waals surface area contributed by atoms with Crippen molar-refractivity contribution in [2.45, 2.75) is 13.8 Å². The molecule has 2 aromatic rings. The first kappa shape index (κ1) is 18.4. The molecule has 0 N–H and O–H groups in total. The minimum absolute atomic E-state index is 0.315. The molecular formula is C20H10HgO4. The van der Waals surface area contributed by atoms with Gasteiger partial charge in [0.25, 0.3) is 0 Å². The van der Waals surface area contributed by atoms with Gasteiger partial charge in [-0.15, -0.1) is 0 Å². The molecule has 0 atom stereocenters. The van der Waals surface area contributed by atoms with Gasteiger partial charge in [0.05, 0.1) is 0 Å². The van der Waals surface area contributed by atoms with E-state index in [1.165, 1.54) is 12.1 Å². The molecule has 0 aliphatic heterocycles. The van der Waals surface area contributed by atoms with Crippen LogP contribution < -0.4 is 17.4 Å². The van der Waals surface area contributed by atoms with Gasteiger partial charge in [0.15, 0.2) is 0 Å². The topological polar surface area (TPSA) is 60.4 Å². The Bertz CT molecular complexity index is 1060. The summed E-state index contributed by atoms with van der Waals surface area (Å²) < 4.78 is 12.2. The molecule has 0 aliphatic carbocycles. The quantitative estimate of drug-likeness (QED) is 0.429. The predicted molar refractivity (Wildman–Crippen MR) is 89.9 cm³/mol. The van der Waals surface area contributed by atoms with Crippen molar-refractivity contribution >= 4 is 6.14 Å². The molecule has 2 rings (SSSR count). The molecule has 0 bridgehead atoms. The molecule has 0 radical (unpaired) electrons. The van der Waals surface area contributed by atoms with Crippen molar-refractivity contribution in [3.8, 4) is 47.4 Å². The van der Waals surface area contributed by atoms with E-state index in [2.05, 4.69) is 47.4 Å². The van der Waals surface area contributed by atoms with E-state index in [9.17, 15) is 9.59 Å². The van der Waals surface area contributed by atoms with Crippen LogP contribution in [0.3, 0.4) is 0 Å². The Balaban J connectivity index is 2.50. The maximum atomic E-state index is 11.5. The van der Waals surface area contributed by atoms with Crippen LogP contribution in [0.5, 0.6) is 0 Å². The van der Waals surface area contributed by atoms with Gasteiger partial charge in [0.2, 0.25) is 0 Å². The summed E-state index contributed by atoms with van der Waals surface area (Å²) in [6.07, 6.45) is 0. The summed E-state index contributed by atoms with van der Waals surface area (Å²) in [7, 11) is 0. The van der Waals surface area contributed by atoms with Gasteiger partial charge >= 0.3 is 157 Å².